The molecule has 0 saturated carbocycles. The fourth-order valence-electron chi connectivity index (χ4n) is 3.74. The zero-order chi connectivity index (χ0) is 19.9. The van der Waals surface area contributed by atoms with Crippen LogP contribution in [0.3, 0.4) is 0 Å². The summed E-state index contributed by atoms with van der Waals surface area (Å²) in [6, 6.07) is 15.4. The van der Waals surface area contributed by atoms with Gasteiger partial charge in [-0.15, -0.1) is 0 Å². The molecule has 1 amide bonds. The smallest absolute Gasteiger partial charge is 0.252 e. The molecule has 2 aromatic carbocycles. The quantitative estimate of drug-likeness (QED) is 0.772. The first-order chi connectivity index (χ1) is 13.3. The summed E-state index contributed by atoms with van der Waals surface area (Å²) in [7, 11) is -3.07. The largest absolute Gasteiger partial charge is 0.315 e. The van der Waals surface area contributed by atoms with Gasteiger partial charge in [0.1, 0.15) is 0 Å². The number of hydrogen-bond acceptors (Lipinski definition) is 4. The van der Waals surface area contributed by atoms with Crippen LogP contribution in [0.5, 0.6) is 0 Å². The molecule has 0 radical (unpaired) electrons. The number of aliphatic imine (C=N–C) groups is 1. The second-order valence-corrected chi connectivity index (χ2v) is 10.8. The number of anilines is 1. The first-order valence-electron chi connectivity index (χ1n) is 9.21. The summed E-state index contributed by atoms with van der Waals surface area (Å²) in [6.07, 6.45) is 0.235. The Balaban J connectivity index is 1.69. The first kappa shape index (κ1) is 19.2. The van der Waals surface area contributed by atoms with Crippen molar-refractivity contribution in [3.05, 3.63) is 65.2 Å². The molecule has 0 unspecified atom stereocenters. The third-order valence-corrected chi connectivity index (χ3v) is 8.32. The lowest BCUT2D eigenvalue weighted by molar-refractivity contribution is -0.117. The molecule has 28 heavy (non-hydrogen) atoms. The Kier molecular flexibility index (Phi) is 5.05. The van der Waals surface area contributed by atoms with Crippen molar-refractivity contribution in [2.24, 2.45) is 4.99 Å². The number of fused-ring (bicyclic) bond motifs is 1. The van der Waals surface area contributed by atoms with E-state index in [0.717, 1.165) is 22.4 Å². The zero-order valence-electron chi connectivity index (χ0n) is 15.8. The lowest BCUT2D eigenvalue weighted by atomic mass is 10.1. The predicted molar refractivity (Wildman–Crippen MR) is 115 cm³/mol. The number of rotatable bonds is 3. The number of amides is 1. The fraction of sp³-hybridized carbons (Fsp3) is 0.333. The molecule has 0 N–H and O–H groups in total. The van der Waals surface area contributed by atoms with Gasteiger partial charge in [0.25, 0.3) is 5.91 Å². The van der Waals surface area contributed by atoms with Gasteiger partial charge in [0, 0.05) is 10.9 Å². The Morgan fingerprint density at radius 2 is 1.89 bits per heavy atom. The topological polar surface area (TPSA) is 66.8 Å². The maximum absolute atomic E-state index is 12.6. The van der Waals surface area contributed by atoms with E-state index in [0.29, 0.717) is 5.17 Å². The van der Waals surface area contributed by atoms with Crippen LogP contribution < -0.4 is 4.90 Å². The van der Waals surface area contributed by atoms with E-state index in [1.165, 1.54) is 11.8 Å². The molecule has 2 aliphatic rings. The van der Waals surface area contributed by atoms with E-state index in [9.17, 15) is 13.2 Å². The van der Waals surface area contributed by atoms with Crippen LogP contribution in [-0.4, -0.2) is 42.3 Å². The van der Waals surface area contributed by atoms with Crippen molar-refractivity contribution in [3.63, 3.8) is 0 Å². The van der Waals surface area contributed by atoms with Crippen molar-refractivity contribution in [2.75, 3.05) is 16.4 Å². The van der Waals surface area contributed by atoms with Gasteiger partial charge in [-0.3, -0.25) is 4.79 Å². The Hall–Kier alpha value is -2.12. The van der Waals surface area contributed by atoms with Crippen LogP contribution in [0.1, 0.15) is 16.7 Å². The van der Waals surface area contributed by atoms with Gasteiger partial charge < -0.3 is 4.90 Å². The normalized spacial score (nSPS) is 24.5. The maximum atomic E-state index is 12.6. The first-order valence-corrected chi connectivity index (χ1v) is 11.9. The van der Waals surface area contributed by atoms with Gasteiger partial charge >= 0.3 is 0 Å². The molecule has 2 heterocycles. The van der Waals surface area contributed by atoms with Crippen LogP contribution in [0.2, 0.25) is 0 Å². The lowest BCUT2D eigenvalue weighted by Crippen LogP contribution is -2.38. The molecule has 4 rings (SSSR count). The van der Waals surface area contributed by atoms with Crippen LogP contribution in [-0.2, 0) is 21.1 Å². The molecule has 2 aromatic rings. The number of hydrogen-bond donors (Lipinski definition) is 0. The van der Waals surface area contributed by atoms with Crippen molar-refractivity contribution in [2.45, 2.75) is 31.6 Å². The van der Waals surface area contributed by atoms with Gasteiger partial charge in [0.15, 0.2) is 15.0 Å². The number of amidine groups is 1. The Bertz CT molecular complexity index is 1050. The Morgan fingerprint density at radius 1 is 1.14 bits per heavy atom. The van der Waals surface area contributed by atoms with E-state index in [2.05, 4.69) is 4.99 Å². The number of aryl methyl sites for hydroxylation is 2. The van der Waals surface area contributed by atoms with Crippen molar-refractivity contribution >= 4 is 38.4 Å². The summed E-state index contributed by atoms with van der Waals surface area (Å²) in [4.78, 5) is 19.0. The maximum Gasteiger partial charge on any atom is 0.252 e. The van der Waals surface area contributed by atoms with Gasteiger partial charge in [-0.2, -0.15) is 4.99 Å². The highest BCUT2D eigenvalue weighted by molar-refractivity contribution is 8.16. The molecule has 0 spiro atoms. The van der Waals surface area contributed by atoms with Crippen LogP contribution in [0.25, 0.3) is 0 Å². The zero-order valence-corrected chi connectivity index (χ0v) is 17.5. The number of carbonyl (C=O) groups is 1. The van der Waals surface area contributed by atoms with E-state index in [4.69, 9.17) is 0 Å². The minimum Gasteiger partial charge on any atom is -0.315 e. The second kappa shape index (κ2) is 7.37. The van der Waals surface area contributed by atoms with Crippen LogP contribution in [0.4, 0.5) is 5.69 Å². The number of sulfone groups is 1. The molecule has 0 bridgehead atoms. The minimum absolute atomic E-state index is 0.0896. The molecule has 2 aliphatic heterocycles. The summed E-state index contributed by atoms with van der Waals surface area (Å²) in [6.45, 7) is 4.01. The molecule has 2 fully saturated rings. The predicted octanol–water partition coefficient (Wildman–Crippen LogP) is 3.15. The van der Waals surface area contributed by atoms with Gasteiger partial charge in [0.2, 0.25) is 0 Å². The highest BCUT2D eigenvalue weighted by Crippen LogP contribution is 2.42. The molecular weight excluding hydrogens is 392 g/mol. The monoisotopic (exact) mass is 414 g/mol. The van der Waals surface area contributed by atoms with E-state index >= 15 is 0 Å². The summed E-state index contributed by atoms with van der Waals surface area (Å²) in [5.74, 6) is 0.0198. The Morgan fingerprint density at radius 3 is 2.64 bits per heavy atom. The number of carbonyl (C=O) groups excluding carboxylic acids is 1. The van der Waals surface area contributed by atoms with E-state index < -0.39 is 9.84 Å². The molecule has 0 aliphatic carbocycles. The third-order valence-electron chi connectivity index (χ3n) is 5.11. The number of nitrogens with zero attached hydrogens (tertiary/aromatic N) is 2. The van der Waals surface area contributed by atoms with E-state index in [-0.39, 0.29) is 35.1 Å². The minimum atomic E-state index is -3.07. The van der Waals surface area contributed by atoms with Gasteiger partial charge in [-0.25, -0.2) is 8.42 Å². The highest BCUT2D eigenvalue weighted by atomic mass is 32.2. The van der Waals surface area contributed by atoms with E-state index in [1.54, 1.807) is 0 Å². The average molecular weight is 415 g/mol. The van der Waals surface area contributed by atoms with Crippen LogP contribution in [0.15, 0.2) is 53.5 Å². The Labute approximate surface area is 169 Å². The standard InChI is InChI=1S/C21H22N2O3S2/c1-14-8-9-15(2)17(10-14)23-18-12-28(25,26)13-19(18)27-21(23)22-20(24)11-16-6-4-3-5-7-16/h3-10,18-19H,11-13H2,1-2H3/t18-,19+/m0/s1. The summed E-state index contributed by atoms with van der Waals surface area (Å²) < 4.78 is 24.4. The van der Waals surface area contributed by atoms with Crippen molar-refractivity contribution in [1.29, 1.82) is 0 Å². The lowest BCUT2D eigenvalue weighted by Gasteiger charge is -2.26. The molecule has 0 aromatic heterocycles. The molecule has 7 heteroatoms. The summed E-state index contributed by atoms with van der Waals surface area (Å²) >= 11 is 1.42. The van der Waals surface area contributed by atoms with E-state index in [1.807, 2.05) is 67.3 Å². The SMILES string of the molecule is Cc1ccc(C)c(N2C(=NC(=O)Cc3ccccc3)S[C@@H]3CS(=O)(=O)C[C@@H]32)c1. The van der Waals surface area contributed by atoms with Gasteiger partial charge in [0.05, 0.1) is 24.0 Å². The molecule has 2 saturated heterocycles. The fourth-order valence-corrected chi connectivity index (χ4v) is 7.67. The third kappa shape index (κ3) is 3.86. The number of benzene rings is 2. The van der Waals surface area contributed by atoms with Crippen molar-refractivity contribution in [3.8, 4) is 0 Å². The van der Waals surface area contributed by atoms with Gasteiger partial charge in [-0.1, -0.05) is 54.2 Å². The molecule has 146 valence electrons. The van der Waals surface area contributed by atoms with Gasteiger partial charge in [-0.05, 0) is 36.6 Å². The highest BCUT2D eigenvalue weighted by Gasteiger charge is 2.49. The average Bonchev–Trinajstić information content (AvgIpc) is 3.09. The molecule has 2 atom stereocenters. The number of thioether (sulfide) groups is 1. The summed E-state index contributed by atoms with van der Waals surface area (Å²) in [5.41, 5.74) is 3.98. The van der Waals surface area contributed by atoms with Crippen molar-refractivity contribution < 1.29 is 13.2 Å². The van der Waals surface area contributed by atoms with Crippen molar-refractivity contribution in [1.82, 2.24) is 0 Å². The molecule has 5 nitrogen and oxygen atoms in total. The molecular formula is C21H22N2O3S2. The van der Waals surface area contributed by atoms with Crippen LogP contribution >= 0.6 is 11.8 Å². The summed E-state index contributed by atoms with van der Waals surface area (Å²) in [5, 5.41) is 0.521. The second-order valence-electron chi connectivity index (χ2n) is 7.41. The van der Waals surface area contributed by atoms with Crippen LogP contribution in [0, 0.1) is 13.8 Å².